The highest BCUT2D eigenvalue weighted by Crippen LogP contribution is 2.33. The van der Waals surface area contributed by atoms with E-state index in [0.29, 0.717) is 6.54 Å². The average molecular weight is 317 g/mol. The van der Waals surface area contributed by atoms with E-state index in [1.165, 1.54) is 0 Å². The Morgan fingerprint density at radius 2 is 2.24 bits per heavy atom. The average Bonchev–Trinajstić information content (AvgIpc) is 3.01. The van der Waals surface area contributed by atoms with Crippen molar-refractivity contribution >= 4 is 17.8 Å². The minimum absolute atomic E-state index is 0.0195. The molecule has 0 spiro atoms. The molecule has 0 saturated carbocycles. The summed E-state index contributed by atoms with van der Waals surface area (Å²) < 4.78 is 5.44. The van der Waals surface area contributed by atoms with Crippen LogP contribution in [0.4, 0.5) is 4.79 Å². The molecule has 0 aromatic rings. The van der Waals surface area contributed by atoms with Gasteiger partial charge in [-0.1, -0.05) is 6.92 Å². The van der Waals surface area contributed by atoms with E-state index >= 15 is 0 Å². The lowest BCUT2D eigenvalue weighted by atomic mass is 9.95. The fourth-order valence-electron chi connectivity index (χ4n) is 2.89. The van der Waals surface area contributed by atoms with Gasteiger partial charge in [-0.3, -0.25) is 4.90 Å². The number of urea groups is 1. The van der Waals surface area contributed by atoms with Gasteiger partial charge in [0.15, 0.2) is 0 Å². The number of carbonyl (C=O) groups is 1. The molecule has 2 aliphatic rings. The summed E-state index contributed by atoms with van der Waals surface area (Å²) in [6, 6.07) is -0.345. The number of amides is 2. The number of nitrogens with one attached hydrogen (secondary N) is 2. The predicted molar refractivity (Wildman–Crippen MR) is 84.8 cm³/mol. The summed E-state index contributed by atoms with van der Waals surface area (Å²) in [6.45, 7) is 6.03. The second-order valence-corrected chi connectivity index (χ2v) is 6.85. The standard InChI is InChI=1S/C14H27N3O3S/c1-2-12(9-18)16-13(19)15-10-14(3-8-21-11-14)17-4-6-20-7-5-17/h12,18H,2-11H2,1H3,(H2,15,16,19)/t12-,14+/m1/s1. The zero-order valence-electron chi connectivity index (χ0n) is 12.8. The van der Waals surface area contributed by atoms with E-state index in [-0.39, 0.29) is 24.2 Å². The maximum absolute atomic E-state index is 12.0. The zero-order valence-corrected chi connectivity index (χ0v) is 13.6. The van der Waals surface area contributed by atoms with Gasteiger partial charge in [0.05, 0.1) is 25.9 Å². The van der Waals surface area contributed by atoms with Crippen molar-refractivity contribution in [2.45, 2.75) is 31.3 Å². The normalized spacial score (nSPS) is 28.3. The Morgan fingerprint density at radius 1 is 1.48 bits per heavy atom. The SMILES string of the molecule is CC[C@H](CO)NC(=O)NC[C@@]1(N2CCOCC2)CCSC1. The minimum Gasteiger partial charge on any atom is -0.394 e. The largest absolute Gasteiger partial charge is 0.394 e. The lowest BCUT2D eigenvalue weighted by molar-refractivity contribution is -0.0124. The quantitative estimate of drug-likeness (QED) is 0.655. The fraction of sp³-hybridized carbons (Fsp3) is 0.929. The van der Waals surface area contributed by atoms with Gasteiger partial charge in [0.1, 0.15) is 0 Å². The van der Waals surface area contributed by atoms with E-state index < -0.39 is 0 Å². The number of ether oxygens (including phenoxy) is 1. The van der Waals surface area contributed by atoms with Crippen LogP contribution in [0.2, 0.25) is 0 Å². The van der Waals surface area contributed by atoms with Crippen molar-refractivity contribution in [3.8, 4) is 0 Å². The van der Waals surface area contributed by atoms with Gasteiger partial charge in [0.2, 0.25) is 0 Å². The number of aliphatic hydroxyl groups excluding tert-OH is 1. The number of aliphatic hydroxyl groups is 1. The van der Waals surface area contributed by atoms with Crippen LogP contribution in [0.15, 0.2) is 0 Å². The van der Waals surface area contributed by atoms with E-state index in [1.807, 2.05) is 18.7 Å². The third kappa shape index (κ3) is 4.48. The molecule has 2 aliphatic heterocycles. The van der Waals surface area contributed by atoms with E-state index in [9.17, 15) is 4.79 Å². The maximum Gasteiger partial charge on any atom is 0.315 e. The van der Waals surface area contributed by atoms with Gasteiger partial charge in [-0.2, -0.15) is 11.8 Å². The number of hydrogen-bond donors (Lipinski definition) is 3. The minimum atomic E-state index is -0.180. The molecule has 2 fully saturated rings. The van der Waals surface area contributed by atoms with Crippen LogP contribution in [0.5, 0.6) is 0 Å². The summed E-state index contributed by atoms with van der Waals surface area (Å²) in [5, 5.41) is 15.0. The smallest absolute Gasteiger partial charge is 0.315 e. The molecule has 0 aliphatic carbocycles. The van der Waals surface area contributed by atoms with Gasteiger partial charge in [-0.15, -0.1) is 0 Å². The van der Waals surface area contributed by atoms with Crippen LogP contribution in [0.3, 0.4) is 0 Å². The molecule has 2 rings (SSSR count). The first-order chi connectivity index (χ1) is 10.2. The molecule has 21 heavy (non-hydrogen) atoms. The molecule has 0 bridgehead atoms. The summed E-state index contributed by atoms with van der Waals surface area (Å²) >= 11 is 1.96. The highest BCUT2D eigenvalue weighted by molar-refractivity contribution is 7.99. The highest BCUT2D eigenvalue weighted by atomic mass is 32.2. The van der Waals surface area contributed by atoms with Gasteiger partial charge in [-0.25, -0.2) is 4.79 Å². The first-order valence-electron chi connectivity index (χ1n) is 7.76. The molecule has 122 valence electrons. The van der Waals surface area contributed by atoms with Crippen LogP contribution in [0.25, 0.3) is 0 Å². The third-order valence-corrected chi connectivity index (χ3v) is 5.63. The summed E-state index contributed by atoms with van der Waals surface area (Å²) in [5.74, 6) is 2.21. The van der Waals surface area contributed by atoms with Gasteiger partial charge in [0, 0.05) is 30.9 Å². The molecule has 2 atom stereocenters. The molecule has 2 saturated heterocycles. The van der Waals surface area contributed by atoms with Crippen LogP contribution >= 0.6 is 11.8 Å². The molecule has 0 radical (unpaired) electrons. The zero-order chi connectivity index (χ0) is 15.1. The summed E-state index contributed by atoms with van der Waals surface area (Å²) in [4.78, 5) is 14.4. The lowest BCUT2D eigenvalue weighted by Crippen LogP contribution is -2.60. The van der Waals surface area contributed by atoms with Crippen molar-refractivity contribution in [1.29, 1.82) is 0 Å². The first-order valence-corrected chi connectivity index (χ1v) is 8.91. The summed E-state index contributed by atoms with van der Waals surface area (Å²) in [5.41, 5.74) is 0.0622. The van der Waals surface area contributed by atoms with Crippen molar-refractivity contribution in [2.75, 3.05) is 51.0 Å². The summed E-state index contributed by atoms with van der Waals surface area (Å²) in [6.07, 6.45) is 1.84. The Hall–Kier alpha value is -0.500. The van der Waals surface area contributed by atoms with E-state index in [2.05, 4.69) is 15.5 Å². The molecular weight excluding hydrogens is 290 g/mol. The van der Waals surface area contributed by atoms with E-state index in [0.717, 1.165) is 50.7 Å². The van der Waals surface area contributed by atoms with Crippen molar-refractivity contribution in [2.24, 2.45) is 0 Å². The molecule has 2 heterocycles. The fourth-order valence-corrected chi connectivity index (χ4v) is 4.37. The first kappa shape index (κ1) is 16.9. The van der Waals surface area contributed by atoms with Crippen LogP contribution in [0.1, 0.15) is 19.8 Å². The number of rotatable bonds is 6. The Labute approximate surface area is 131 Å². The third-order valence-electron chi connectivity index (χ3n) is 4.39. The van der Waals surface area contributed by atoms with Gasteiger partial charge in [0.25, 0.3) is 0 Å². The Kier molecular flexibility index (Phi) is 6.60. The number of nitrogens with zero attached hydrogens (tertiary/aromatic N) is 1. The van der Waals surface area contributed by atoms with Crippen molar-refractivity contribution in [1.82, 2.24) is 15.5 Å². The van der Waals surface area contributed by atoms with Crippen molar-refractivity contribution < 1.29 is 14.6 Å². The molecule has 0 aromatic carbocycles. The molecular formula is C14H27N3O3S. The Balaban J connectivity index is 1.86. The maximum atomic E-state index is 12.0. The molecule has 3 N–H and O–H groups in total. The monoisotopic (exact) mass is 317 g/mol. The van der Waals surface area contributed by atoms with E-state index in [4.69, 9.17) is 9.84 Å². The van der Waals surface area contributed by atoms with Gasteiger partial charge < -0.3 is 20.5 Å². The van der Waals surface area contributed by atoms with Crippen LogP contribution in [-0.4, -0.2) is 78.6 Å². The van der Waals surface area contributed by atoms with Crippen LogP contribution < -0.4 is 10.6 Å². The molecule has 7 heteroatoms. The molecule has 2 amide bonds. The topological polar surface area (TPSA) is 73.8 Å². The van der Waals surface area contributed by atoms with Gasteiger partial charge in [-0.05, 0) is 18.6 Å². The molecule has 6 nitrogen and oxygen atoms in total. The van der Waals surface area contributed by atoms with E-state index in [1.54, 1.807) is 0 Å². The summed E-state index contributed by atoms with van der Waals surface area (Å²) in [7, 11) is 0. The second kappa shape index (κ2) is 8.22. The van der Waals surface area contributed by atoms with Crippen molar-refractivity contribution in [3.05, 3.63) is 0 Å². The number of morpholine rings is 1. The number of hydrogen-bond acceptors (Lipinski definition) is 5. The highest BCUT2D eigenvalue weighted by Gasteiger charge is 2.40. The lowest BCUT2D eigenvalue weighted by Gasteiger charge is -2.43. The predicted octanol–water partition coefficient (Wildman–Crippen LogP) is 0.264. The second-order valence-electron chi connectivity index (χ2n) is 5.74. The Bertz CT molecular complexity index is 327. The molecule has 0 unspecified atom stereocenters. The number of carbonyl (C=O) groups excluding carboxylic acids is 1. The van der Waals surface area contributed by atoms with Crippen LogP contribution in [0, 0.1) is 0 Å². The Morgan fingerprint density at radius 3 is 2.81 bits per heavy atom. The van der Waals surface area contributed by atoms with Crippen molar-refractivity contribution in [3.63, 3.8) is 0 Å². The number of thioether (sulfide) groups is 1. The van der Waals surface area contributed by atoms with Gasteiger partial charge >= 0.3 is 6.03 Å². The van der Waals surface area contributed by atoms with Crippen LogP contribution in [-0.2, 0) is 4.74 Å². The molecule has 0 aromatic heterocycles.